The molecule has 1 aliphatic carbocycles. The number of fused-ring (bicyclic) bond motifs is 2. The molecule has 1 fully saturated rings. The molecule has 0 bridgehead atoms. The van der Waals surface area contributed by atoms with Crippen molar-refractivity contribution in [2.45, 2.75) is 37.6 Å². The van der Waals surface area contributed by atoms with Crippen LogP contribution in [0.15, 0.2) is 30.5 Å². The molecule has 0 amide bonds. The Labute approximate surface area is 169 Å². The average Bonchev–Trinajstić information content (AvgIpc) is 3.46. The number of hydrogen-bond donors (Lipinski definition) is 1. The molecular weight excluding hydrogens is 371 g/mol. The summed E-state index contributed by atoms with van der Waals surface area (Å²) in [6.45, 7) is 2.63. The first-order chi connectivity index (χ1) is 14.0. The molecule has 1 spiro atoms. The highest BCUT2D eigenvalue weighted by atomic mass is 19.1. The van der Waals surface area contributed by atoms with Crippen LogP contribution >= 0.6 is 0 Å². The number of methoxy groups -OCH3 is 1. The van der Waals surface area contributed by atoms with Crippen molar-refractivity contribution < 1.29 is 19.0 Å². The van der Waals surface area contributed by atoms with Gasteiger partial charge in [0.15, 0.2) is 5.82 Å². The molecule has 1 aromatic heterocycles. The number of carbonyl (C=O) groups is 1. The molecule has 1 saturated carbocycles. The maximum Gasteiger partial charge on any atom is 0.303 e. The predicted octanol–water partition coefficient (Wildman–Crippen LogP) is 3.34. The molecule has 2 aromatic rings. The second-order valence-corrected chi connectivity index (χ2v) is 7.83. The summed E-state index contributed by atoms with van der Waals surface area (Å²) in [5, 5.41) is 8.86. The van der Waals surface area contributed by atoms with Crippen molar-refractivity contribution in [3.8, 4) is 17.7 Å². The lowest BCUT2D eigenvalue weighted by atomic mass is 9.85. The van der Waals surface area contributed by atoms with E-state index < -0.39 is 11.8 Å². The van der Waals surface area contributed by atoms with Crippen molar-refractivity contribution in [3.63, 3.8) is 0 Å². The van der Waals surface area contributed by atoms with Gasteiger partial charge in [0.05, 0.1) is 7.11 Å². The Morgan fingerprint density at radius 1 is 1.31 bits per heavy atom. The van der Waals surface area contributed by atoms with E-state index >= 15 is 0 Å². The van der Waals surface area contributed by atoms with Crippen LogP contribution in [0.4, 0.5) is 4.39 Å². The number of ether oxygens (including phenoxy) is 1. The molecule has 1 N–H and O–H groups in total. The summed E-state index contributed by atoms with van der Waals surface area (Å²) >= 11 is 0. The quantitative estimate of drug-likeness (QED) is 0.788. The molecule has 4 rings (SSSR count). The van der Waals surface area contributed by atoms with Gasteiger partial charge in [-0.3, -0.25) is 9.69 Å². The van der Waals surface area contributed by atoms with Crippen molar-refractivity contribution in [1.29, 1.82) is 0 Å². The summed E-state index contributed by atoms with van der Waals surface area (Å²) in [5.41, 5.74) is 4.25. The van der Waals surface area contributed by atoms with Crippen LogP contribution in [0.5, 0.6) is 5.88 Å². The summed E-state index contributed by atoms with van der Waals surface area (Å²) in [6, 6.07) is 7.61. The highest BCUT2D eigenvalue weighted by molar-refractivity contribution is 5.66. The number of carboxylic acids is 1. The molecule has 1 aromatic carbocycles. The molecule has 2 heterocycles. The number of aromatic nitrogens is 1. The van der Waals surface area contributed by atoms with E-state index in [1.165, 1.54) is 30.5 Å². The topological polar surface area (TPSA) is 62.7 Å². The normalized spacial score (nSPS) is 16.6. The standard InChI is InChI=1S/C23H23FN2O3/c1-29-22-20(24)12-17(13-25-22)5-4-16-6-7-18-14-26(10-2-3-21(27)28)15-23(8-9-23)19(18)11-16/h6-7,11-13H,2-3,8-10,14-15H2,1H3,(H,27,28). The van der Waals surface area contributed by atoms with Gasteiger partial charge in [-0.25, -0.2) is 9.37 Å². The van der Waals surface area contributed by atoms with Crippen LogP contribution in [-0.2, 0) is 16.8 Å². The number of halogens is 1. The van der Waals surface area contributed by atoms with Crippen molar-refractivity contribution in [2.24, 2.45) is 0 Å². The van der Waals surface area contributed by atoms with Crippen molar-refractivity contribution in [3.05, 3.63) is 58.5 Å². The van der Waals surface area contributed by atoms with Crippen molar-refractivity contribution >= 4 is 5.97 Å². The maximum absolute atomic E-state index is 13.8. The second-order valence-electron chi connectivity index (χ2n) is 7.83. The molecule has 6 heteroatoms. The lowest BCUT2D eigenvalue weighted by Crippen LogP contribution is -2.38. The minimum Gasteiger partial charge on any atom is -0.481 e. The number of rotatable bonds is 5. The van der Waals surface area contributed by atoms with E-state index in [9.17, 15) is 9.18 Å². The number of nitrogens with zero attached hydrogens (tertiary/aromatic N) is 2. The van der Waals surface area contributed by atoms with Crippen molar-refractivity contribution in [1.82, 2.24) is 9.88 Å². The van der Waals surface area contributed by atoms with Gasteiger partial charge in [0.25, 0.3) is 0 Å². The summed E-state index contributed by atoms with van der Waals surface area (Å²) in [4.78, 5) is 17.1. The van der Waals surface area contributed by atoms with Gasteiger partial charge in [0, 0.05) is 42.2 Å². The van der Waals surface area contributed by atoms with Gasteiger partial charge >= 0.3 is 5.97 Å². The number of hydrogen-bond acceptors (Lipinski definition) is 4. The van der Waals surface area contributed by atoms with Crippen LogP contribution in [0.2, 0.25) is 0 Å². The van der Waals surface area contributed by atoms with E-state index in [4.69, 9.17) is 9.84 Å². The number of benzene rings is 1. The Morgan fingerprint density at radius 2 is 2.10 bits per heavy atom. The van der Waals surface area contributed by atoms with Crippen LogP contribution < -0.4 is 4.74 Å². The third kappa shape index (κ3) is 4.25. The molecular formula is C23H23FN2O3. The van der Waals surface area contributed by atoms with Crippen LogP contribution in [0.1, 0.15) is 47.9 Å². The Kier molecular flexibility index (Phi) is 5.25. The highest BCUT2D eigenvalue weighted by Crippen LogP contribution is 2.52. The van der Waals surface area contributed by atoms with E-state index in [-0.39, 0.29) is 17.7 Å². The van der Waals surface area contributed by atoms with E-state index in [0.29, 0.717) is 12.0 Å². The average molecular weight is 394 g/mol. The maximum atomic E-state index is 13.8. The third-order valence-electron chi connectivity index (χ3n) is 5.67. The fourth-order valence-electron chi connectivity index (χ4n) is 4.07. The van der Waals surface area contributed by atoms with E-state index in [0.717, 1.165) is 38.0 Å². The van der Waals surface area contributed by atoms with Gasteiger partial charge in [0.1, 0.15) is 0 Å². The van der Waals surface area contributed by atoms with Crippen LogP contribution in [0.25, 0.3) is 0 Å². The van der Waals surface area contributed by atoms with E-state index in [2.05, 4.69) is 33.9 Å². The zero-order valence-corrected chi connectivity index (χ0v) is 16.4. The monoisotopic (exact) mass is 394 g/mol. The molecule has 0 radical (unpaired) electrons. The first-order valence-electron chi connectivity index (χ1n) is 9.78. The Morgan fingerprint density at radius 3 is 2.79 bits per heavy atom. The van der Waals surface area contributed by atoms with Gasteiger partial charge < -0.3 is 9.84 Å². The molecule has 150 valence electrons. The van der Waals surface area contributed by atoms with Crippen LogP contribution in [0, 0.1) is 17.7 Å². The molecule has 29 heavy (non-hydrogen) atoms. The van der Waals surface area contributed by atoms with E-state index in [1.807, 2.05) is 6.07 Å². The SMILES string of the molecule is COc1ncc(C#Cc2ccc3c(c2)C2(CC2)CN(CCCC(=O)O)C3)cc1F. The highest BCUT2D eigenvalue weighted by Gasteiger charge is 2.48. The fraction of sp³-hybridized carbons (Fsp3) is 0.391. The molecule has 1 aliphatic heterocycles. The predicted molar refractivity (Wildman–Crippen MR) is 106 cm³/mol. The van der Waals surface area contributed by atoms with Gasteiger partial charge in [-0.05, 0) is 55.1 Å². The zero-order valence-electron chi connectivity index (χ0n) is 16.4. The van der Waals surface area contributed by atoms with E-state index in [1.54, 1.807) is 0 Å². The smallest absolute Gasteiger partial charge is 0.303 e. The van der Waals surface area contributed by atoms with Gasteiger partial charge in [-0.1, -0.05) is 17.9 Å². The number of pyridine rings is 1. The van der Waals surface area contributed by atoms with Gasteiger partial charge in [-0.2, -0.15) is 0 Å². The molecule has 0 unspecified atom stereocenters. The molecule has 0 saturated heterocycles. The lowest BCUT2D eigenvalue weighted by molar-refractivity contribution is -0.137. The lowest BCUT2D eigenvalue weighted by Gasteiger charge is -2.35. The largest absolute Gasteiger partial charge is 0.481 e. The number of aliphatic carboxylic acids is 1. The summed E-state index contributed by atoms with van der Waals surface area (Å²) in [5.74, 6) is 4.81. The van der Waals surface area contributed by atoms with Gasteiger partial charge in [0.2, 0.25) is 5.88 Å². The van der Waals surface area contributed by atoms with Gasteiger partial charge in [-0.15, -0.1) is 0 Å². The molecule has 5 nitrogen and oxygen atoms in total. The Bertz CT molecular complexity index is 1000. The molecule has 2 aliphatic rings. The Hall–Kier alpha value is -2.91. The summed E-state index contributed by atoms with van der Waals surface area (Å²) in [7, 11) is 1.38. The third-order valence-corrected chi connectivity index (χ3v) is 5.67. The van der Waals surface area contributed by atoms with Crippen LogP contribution in [-0.4, -0.2) is 41.2 Å². The minimum atomic E-state index is -0.737. The summed E-state index contributed by atoms with van der Waals surface area (Å²) < 4.78 is 18.6. The number of carboxylic acid groups (broad SMARTS) is 1. The Balaban J connectivity index is 1.51. The zero-order chi connectivity index (χ0) is 20.4. The fourth-order valence-corrected chi connectivity index (χ4v) is 4.07. The summed E-state index contributed by atoms with van der Waals surface area (Å²) in [6.07, 6.45) is 4.70. The minimum absolute atomic E-state index is 0.0343. The molecule has 0 atom stereocenters. The second kappa shape index (κ2) is 7.84. The first kappa shape index (κ1) is 19.4. The first-order valence-corrected chi connectivity index (χ1v) is 9.78. The van der Waals surface area contributed by atoms with Crippen molar-refractivity contribution in [2.75, 3.05) is 20.2 Å². The van der Waals surface area contributed by atoms with Crippen LogP contribution in [0.3, 0.4) is 0 Å².